The maximum Gasteiger partial charge on any atom is 0.225 e. The zero-order valence-corrected chi connectivity index (χ0v) is 13.3. The Hall–Kier alpha value is -1.85. The van der Waals surface area contributed by atoms with E-state index in [0.717, 1.165) is 27.3 Å². The minimum atomic E-state index is 0.270. The molecule has 0 aliphatic rings. The van der Waals surface area contributed by atoms with Crippen molar-refractivity contribution in [3.8, 4) is 5.75 Å². The third-order valence-corrected chi connectivity index (χ3v) is 4.21. The van der Waals surface area contributed by atoms with Gasteiger partial charge in [-0.1, -0.05) is 18.2 Å². The molecule has 0 aliphatic carbocycles. The molecule has 0 aliphatic heterocycles. The molecule has 0 N–H and O–H groups in total. The van der Waals surface area contributed by atoms with Crippen LogP contribution in [-0.4, -0.2) is 24.1 Å². The summed E-state index contributed by atoms with van der Waals surface area (Å²) in [6.45, 7) is 0.683. The molecular weight excluding hydrogens is 306 g/mol. The van der Waals surface area contributed by atoms with Crippen LogP contribution in [0.25, 0.3) is 10.2 Å². The Morgan fingerprint density at radius 2 is 2.05 bits per heavy atom. The second-order valence-electron chi connectivity index (χ2n) is 4.62. The lowest BCUT2D eigenvalue weighted by molar-refractivity contribution is 0.409. The topological polar surface area (TPSA) is 38.2 Å². The van der Waals surface area contributed by atoms with Crippen molar-refractivity contribution in [1.82, 2.24) is 9.97 Å². The summed E-state index contributed by atoms with van der Waals surface area (Å²) in [6, 6.07) is 9.98. The van der Waals surface area contributed by atoms with E-state index in [1.165, 1.54) is 0 Å². The van der Waals surface area contributed by atoms with Crippen molar-refractivity contribution in [2.24, 2.45) is 0 Å². The van der Waals surface area contributed by atoms with Crippen molar-refractivity contribution in [2.45, 2.75) is 6.54 Å². The SMILES string of the molecule is COc1ccccc1CN(C)c1nc(Cl)nc2sccc12. The molecule has 0 amide bonds. The Kier molecular flexibility index (Phi) is 3.94. The average molecular weight is 320 g/mol. The molecule has 0 spiro atoms. The van der Waals surface area contributed by atoms with Crippen LogP contribution in [0.5, 0.6) is 5.75 Å². The second-order valence-corrected chi connectivity index (χ2v) is 5.86. The average Bonchev–Trinajstić information content (AvgIpc) is 2.94. The second kappa shape index (κ2) is 5.87. The monoisotopic (exact) mass is 319 g/mol. The van der Waals surface area contributed by atoms with Gasteiger partial charge in [-0.3, -0.25) is 0 Å². The number of ether oxygens (including phenoxy) is 1. The fourth-order valence-corrected chi connectivity index (χ4v) is 3.24. The molecule has 0 fully saturated rings. The van der Waals surface area contributed by atoms with Crippen LogP contribution in [0, 0.1) is 0 Å². The molecule has 0 saturated carbocycles. The first-order valence-corrected chi connectivity index (χ1v) is 7.68. The molecule has 2 aromatic heterocycles. The highest BCUT2D eigenvalue weighted by Gasteiger charge is 2.13. The van der Waals surface area contributed by atoms with Crippen LogP contribution in [0.1, 0.15) is 5.56 Å². The largest absolute Gasteiger partial charge is 0.496 e. The molecule has 3 rings (SSSR count). The van der Waals surface area contributed by atoms with Crippen molar-refractivity contribution in [1.29, 1.82) is 0 Å². The zero-order chi connectivity index (χ0) is 14.8. The molecule has 108 valence electrons. The summed E-state index contributed by atoms with van der Waals surface area (Å²) in [5.41, 5.74) is 1.10. The maximum atomic E-state index is 6.02. The number of hydrogen-bond acceptors (Lipinski definition) is 5. The number of anilines is 1. The van der Waals surface area contributed by atoms with Crippen LogP contribution in [-0.2, 0) is 6.54 Å². The molecule has 0 radical (unpaired) electrons. The van der Waals surface area contributed by atoms with Crippen LogP contribution in [0.4, 0.5) is 5.82 Å². The molecule has 0 atom stereocenters. The number of halogens is 1. The summed E-state index contributed by atoms with van der Waals surface area (Å²) < 4.78 is 5.39. The fraction of sp³-hybridized carbons (Fsp3) is 0.200. The van der Waals surface area contributed by atoms with E-state index in [4.69, 9.17) is 16.3 Å². The Bertz CT molecular complexity index is 774. The lowest BCUT2D eigenvalue weighted by Crippen LogP contribution is -2.18. The van der Waals surface area contributed by atoms with E-state index >= 15 is 0 Å². The van der Waals surface area contributed by atoms with E-state index in [1.807, 2.05) is 42.8 Å². The normalized spacial score (nSPS) is 10.8. The first-order valence-electron chi connectivity index (χ1n) is 6.43. The van der Waals surface area contributed by atoms with E-state index in [2.05, 4.69) is 14.9 Å². The van der Waals surface area contributed by atoms with Crippen molar-refractivity contribution < 1.29 is 4.74 Å². The predicted octanol–water partition coefficient (Wildman–Crippen LogP) is 3.99. The minimum Gasteiger partial charge on any atom is -0.496 e. The van der Waals surface area contributed by atoms with Gasteiger partial charge in [-0.25, -0.2) is 4.98 Å². The van der Waals surface area contributed by atoms with Crippen LogP contribution >= 0.6 is 22.9 Å². The number of thiophene rings is 1. The Labute approximate surface area is 132 Å². The number of para-hydroxylation sites is 1. The van der Waals surface area contributed by atoms with Gasteiger partial charge in [0, 0.05) is 19.2 Å². The van der Waals surface area contributed by atoms with Crippen LogP contribution in [0.2, 0.25) is 5.28 Å². The molecule has 4 nitrogen and oxygen atoms in total. The number of rotatable bonds is 4. The van der Waals surface area contributed by atoms with Crippen molar-refractivity contribution in [3.63, 3.8) is 0 Å². The summed E-state index contributed by atoms with van der Waals surface area (Å²) in [6.07, 6.45) is 0. The van der Waals surface area contributed by atoms with Gasteiger partial charge in [0.15, 0.2) is 0 Å². The maximum absolute atomic E-state index is 6.02. The summed E-state index contributed by atoms with van der Waals surface area (Å²) in [7, 11) is 3.67. The standard InChI is InChI=1S/C15H14ClN3OS/c1-19(9-10-5-3-4-6-12(10)20-2)13-11-7-8-21-14(11)18-15(16)17-13/h3-8H,9H2,1-2H3. The Morgan fingerprint density at radius 3 is 2.86 bits per heavy atom. The summed E-state index contributed by atoms with van der Waals surface area (Å²) in [5.74, 6) is 1.70. The fourth-order valence-electron chi connectivity index (χ4n) is 2.27. The molecule has 6 heteroatoms. The molecular formula is C15H14ClN3OS. The first-order chi connectivity index (χ1) is 10.2. The molecule has 2 heterocycles. The van der Waals surface area contributed by atoms with Gasteiger partial charge in [0.1, 0.15) is 16.4 Å². The summed E-state index contributed by atoms with van der Waals surface area (Å²) in [5, 5.41) is 3.28. The predicted molar refractivity (Wildman–Crippen MR) is 87.5 cm³/mol. The van der Waals surface area contributed by atoms with Gasteiger partial charge in [0.2, 0.25) is 5.28 Å². The van der Waals surface area contributed by atoms with Crippen molar-refractivity contribution >= 4 is 39.0 Å². The van der Waals surface area contributed by atoms with Crippen LogP contribution in [0.3, 0.4) is 0 Å². The number of fused-ring (bicyclic) bond motifs is 1. The lowest BCUT2D eigenvalue weighted by atomic mass is 10.2. The van der Waals surface area contributed by atoms with Gasteiger partial charge in [0.25, 0.3) is 0 Å². The van der Waals surface area contributed by atoms with Gasteiger partial charge in [-0.05, 0) is 29.1 Å². The molecule has 1 aromatic carbocycles. The van der Waals surface area contributed by atoms with Crippen molar-refractivity contribution in [2.75, 3.05) is 19.1 Å². The Morgan fingerprint density at radius 1 is 1.24 bits per heavy atom. The van der Waals surface area contributed by atoms with E-state index in [-0.39, 0.29) is 5.28 Å². The number of aromatic nitrogens is 2. The van der Waals surface area contributed by atoms with Gasteiger partial charge >= 0.3 is 0 Å². The van der Waals surface area contributed by atoms with Crippen LogP contribution < -0.4 is 9.64 Å². The summed E-state index contributed by atoms with van der Waals surface area (Å²) in [4.78, 5) is 11.6. The molecule has 3 aromatic rings. The molecule has 0 unspecified atom stereocenters. The number of nitrogens with zero attached hydrogens (tertiary/aromatic N) is 3. The number of hydrogen-bond donors (Lipinski definition) is 0. The minimum absolute atomic E-state index is 0.270. The third-order valence-electron chi connectivity index (χ3n) is 3.24. The quantitative estimate of drug-likeness (QED) is 0.682. The van der Waals surface area contributed by atoms with Gasteiger partial charge in [-0.15, -0.1) is 11.3 Å². The zero-order valence-electron chi connectivity index (χ0n) is 11.7. The first kappa shape index (κ1) is 14.1. The highest BCUT2D eigenvalue weighted by molar-refractivity contribution is 7.16. The molecule has 21 heavy (non-hydrogen) atoms. The van der Waals surface area contributed by atoms with Gasteiger partial charge in [0.05, 0.1) is 12.5 Å². The molecule has 0 bridgehead atoms. The van der Waals surface area contributed by atoms with E-state index < -0.39 is 0 Å². The lowest BCUT2D eigenvalue weighted by Gasteiger charge is -2.20. The molecule has 0 saturated heterocycles. The van der Waals surface area contributed by atoms with Crippen molar-refractivity contribution in [3.05, 3.63) is 46.6 Å². The van der Waals surface area contributed by atoms with E-state index in [0.29, 0.717) is 6.54 Å². The highest BCUT2D eigenvalue weighted by atomic mass is 35.5. The Balaban J connectivity index is 1.97. The smallest absolute Gasteiger partial charge is 0.225 e. The van der Waals surface area contributed by atoms with E-state index in [1.54, 1.807) is 18.4 Å². The number of benzene rings is 1. The summed E-state index contributed by atoms with van der Waals surface area (Å²) >= 11 is 7.58. The van der Waals surface area contributed by atoms with Gasteiger partial charge in [-0.2, -0.15) is 4.98 Å². The van der Waals surface area contributed by atoms with E-state index in [9.17, 15) is 0 Å². The van der Waals surface area contributed by atoms with Crippen LogP contribution in [0.15, 0.2) is 35.7 Å². The number of methoxy groups -OCH3 is 1. The van der Waals surface area contributed by atoms with Gasteiger partial charge < -0.3 is 9.64 Å². The third kappa shape index (κ3) is 2.80. The highest BCUT2D eigenvalue weighted by Crippen LogP contribution is 2.30.